The van der Waals surface area contributed by atoms with Crippen LogP contribution in [0.1, 0.15) is 32.1 Å². The van der Waals surface area contributed by atoms with Gasteiger partial charge in [0, 0.05) is 45.4 Å². The Kier molecular flexibility index (Phi) is 5.24. The van der Waals surface area contributed by atoms with E-state index in [4.69, 9.17) is 4.74 Å². The lowest BCUT2D eigenvalue weighted by atomic mass is 9.71. The zero-order chi connectivity index (χ0) is 19.7. The van der Waals surface area contributed by atoms with E-state index in [9.17, 15) is 5.11 Å². The highest BCUT2D eigenvalue weighted by Crippen LogP contribution is 2.42. The number of nitrogens with zero attached hydrogens (tertiary/aromatic N) is 6. The van der Waals surface area contributed by atoms with Crippen molar-refractivity contribution in [1.29, 1.82) is 0 Å². The van der Waals surface area contributed by atoms with Crippen LogP contribution in [0, 0.1) is 5.41 Å². The summed E-state index contributed by atoms with van der Waals surface area (Å²) in [5.41, 5.74) is 1.17. The van der Waals surface area contributed by atoms with E-state index in [0.29, 0.717) is 6.04 Å². The van der Waals surface area contributed by atoms with Crippen molar-refractivity contribution >= 4 is 5.95 Å². The molecule has 8 nitrogen and oxygen atoms in total. The molecule has 0 bridgehead atoms. The third kappa shape index (κ3) is 3.89. The van der Waals surface area contributed by atoms with Crippen LogP contribution in [-0.2, 0) is 4.74 Å². The summed E-state index contributed by atoms with van der Waals surface area (Å²) in [5.74, 6) is 0.809. The van der Waals surface area contributed by atoms with Gasteiger partial charge in [0.2, 0.25) is 5.95 Å². The Bertz CT molecular complexity index is 799. The number of aromatic nitrogens is 4. The van der Waals surface area contributed by atoms with E-state index in [-0.39, 0.29) is 11.5 Å². The molecule has 5 rings (SSSR count). The Morgan fingerprint density at radius 2 is 1.83 bits per heavy atom. The van der Waals surface area contributed by atoms with Gasteiger partial charge in [0.25, 0.3) is 0 Å². The van der Waals surface area contributed by atoms with Crippen LogP contribution in [0.2, 0.25) is 0 Å². The minimum atomic E-state index is -0.229. The van der Waals surface area contributed by atoms with E-state index >= 15 is 0 Å². The molecule has 3 fully saturated rings. The second kappa shape index (κ2) is 8.01. The number of anilines is 1. The van der Waals surface area contributed by atoms with E-state index in [1.165, 1.54) is 0 Å². The van der Waals surface area contributed by atoms with Crippen molar-refractivity contribution in [2.75, 3.05) is 44.3 Å². The first-order valence-corrected chi connectivity index (χ1v) is 10.8. The fourth-order valence-electron chi connectivity index (χ4n) is 5.38. The molecule has 1 aromatic carbocycles. The van der Waals surface area contributed by atoms with Crippen LogP contribution in [0.15, 0.2) is 30.3 Å². The third-order valence-corrected chi connectivity index (χ3v) is 6.92. The van der Waals surface area contributed by atoms with Gasteiger partial charge in [0.05, 0.1) is 11.8 Å². The molecule has 2 aromatic rings. The second-order valence-electron chi connectivity index (χ2n) is 8.84. The lowest BCUT2D eigenvalue weighted by Crippen LogP contribution is -2.57. The normalized spacial score (nSPS) is 26.1. The number of aliphatic hydroxyl groups is 1. The molecule has 0 saturated carbocycles. The van der Waals surface area contributed by atoms with Gasteiger partial charge in [-0.3, -0.25) is 4.90 Å². The van der Waals surface area contributed by atoms with E-state index < -0.39 is 0 Å². The highest BCUT2D eigenvalue weighted by molar-refractivity contribution is 5.41. The number of ether oxygens (including phenoxy) is 1. The van der Waals surface area contributed by atoms with Crippen LogP contribution >= 0.6 is 0 Å². The number of tetrazole rings is 1. The number of aliphatic hydroxyl groups excluding tert-OH is 1. The van der Waals surface area contributed by atoms with E-state index in [1.807, 2.05) is 35.0 Å². The van der Waals surface area contributed by atoms with Crippen molar-refractivity contribution in [3.05, 3.63) is 30.3 Å². The first-order chi connectivity index (χ1) is 14.2. The summed E-state index contributed by atoms with van der Waals surface area (Å²) in [6, 6.07) is 10.6. The van der Waals surface area contributed by atoms with Gasteiger partial charge in [-0.15, -0.1) is 0 Å². The maximum atomic E-state index is 10.6. The number of piperidine rings is 2. The van der Waals surface area contributed by atoms with Gasteiger partial charge in [-0.25, -0.2) is 0 Å². The number of β-amino-alcohol motifs (C(OH)–C–C–N with tert-alkyl or cyclic N) is 1. The van der Waals surface area contributed by atoms with Gasteiger partial charge in [0.1, 0.15) is 0 Å². The molecule has 3 aliphatic rings. The molecule has 1 unspecified atom stereocenters. The average Bonchev–Trinajstić information content (AvgIpc) is 3.25. The Hall–Kier alpha value is -2.03. The predicted octanol–water partition coefficient (Wildman–Crippen LogP) is 1.49. The monoisotopic (exact) mass is 398 g/mol. The van der Waals surface area contributed by atoms with Crippen molar-refractivity contribution in [3.8, 4) is 5.69 Å². The third-order valence-electron chi connectivity index (χ3n) is 6.92. The molecule has 1 atom stereocenters. The van der Waals surface area contributed by atoms with Gasteiger partial charge < -0.3 is 14.7 Å². The smallest absolute Gasteiger partial charge is 0.250 e. The summed E-state index contributed by atoms with van der Waals surface area (Å²) in [5, 5.41) is 23.1. The van der Waals surface area contributed by atoms with Crippen molar-refractivity contribution in [1.82, 2.24) is 25.1 Å². The second-order valence-corrected chi connectivity index (χ2v) is 8.84. The molecule has 3 aliphatic heterocycles. The molecule has 0 aliphatic carbocycles. The summed E-state index contributed by atoms with van der Waals surface area (Å²) < 4.78 is 7.36. The Morgan fingerprint density at radius 1 is 1.07 bits per heavy atom. The molecule has 0 radical (unpaired) electrons. The van der Waals surface area contributed by atoms with Gasteiger partial charge in [0.15, 0.2) is 0 Å². The molecule has 1 aromatic heterocycles. The first kappa shape index (κ1) is 19.0. The van der Waals surface area contributed by atoms with Gasteiger partial charge >= 0.3 is 0 Å². The highest BCUT2D eigenvalue weighted by Gasteiger charge is 2.43. The molecule has 156 valence electrons. The molecule has 0 amide bonds. The van der Waals surface area contributed by atoms with Crippen molar-refractivity contribution < 1.29 is 9.84 Å². The van der Waals surface area contributed by atoms with Crippen molar-refractivity contribution in [3.63, 3.8) is 0 Å². The Labute approximate surface area is 171 Å². The number of hydrogen-bond donors (Lipinski definition) is 1. The largest absolute Gasteiger partial charge is 0.392 e. The van der Waals surface area contributed by atoms with Crippen LogP contribution in [0.25, 0.3) is 5.69 Å². The first-order valence-electron chi connectivity index (χ1n) is 10.8. The SMILES string of the molecule is OC1CN(C2CCOCC2)CC2(CCN(c3nnnn3-c3ccccc3)CC2)C1. The summed E-state index contributed by atoms with van der Waals surface area (Å²) in [4.78, 5) is 4.83. The van der Waals surface area contributed by atoms with Gasteiger partial charge in [-0.05, 0) is 60.1 Å². The fourth-order valence-corrected chi connectivity index (χ4v) is 5.38. The van der Waals surface area contributed by atoms with Crippen LogP contribution in [0.4, 0.5) is 5.95 Å². The van der Waals surface area contributed by atoms with Crippen LogP contribution < -0.4 is 4.90 Å². The zero-order valence-electron chi connectivity index (χ0n) is 16.9. The Balaban J connectivity index is 1.28. The number of hydrogen-bond acceptors (Lipinski definition) is 7. The minimum Gasteiger partial charge on any atom is -0.392 e. The molecule has 3 saturated heterocycles. The molecular weight excluding hydrogens is 368 g/mol. The molecule has 29 heavy (non-hydrogen) atoms. The number of para-hydroxylation sites is 1. The lowest BCUT2D eigenvalue weighted by Gasteiger charge is -2.51. The predicted molar refractivity (Wildman–Crippen MR) is 109 cm³/mol. The molecular formula is C21H30N6O2. The molecule has 1 spiro atoms. The maximum absolute atomic E-state index is 10.6. The van der Waals surface area contributed by atoms with Crippen LogP contribution in [-0.4, -0.2) is 81.8 Å². The lowest BCUT2D eigenvalue weighted by molar-refractivity contribution is -0.0602. The summed E-state index contributed by atoms with van der Waals surface area (Å²) in [6.45, 7) is 5.43. The van der Waals surface area contributed by atoms with E-state index in [0.717, 1.165) is 83.1 Å². The minimum absolute atomic E-state index is 0.192. The van der Waals surface area contributed by atoms with E-state index in [1.54, 1.807) is 0 Å². The number of likely N-dealkylation sites (tertiary alicyclic amines) is 1. The molecule has 8 heteroatoms. The molecule has 1 N–H and O–H groups in total. The summed E-state index contributed by atoms with van der Waals surface area (Å²) >= 11 is 0. The average molecular weight is 399 g/mol. The van der Waals surface area contributed by atoms with E-state index in [2.05, 4.69) is 25.3 Å². The van der Waals surface area contributed by atoms with Crippen LogP contribution in [0.5, 0.6) is 0 Å². The topological polar surface area (TPSA) is 79.5 Å². The number of benzene rings is 1. The van der Waals surface area contributed by atoms with Crippen LogP contribution in [0.3, 0.4) is 0 Å². The number of rotatable bonds is 3. The zero-order valence-corrected chi connectivity index (χ0v) is 16.9. The summed E-state index contributed by atoms with van der Waals surface area (Å²) in [7, 11) is 0. The van der Waals surface area contributed by atoms with Gasteiger partial charge in [-0.2, -0.15) is 4.68 Å². The maximum Gasteiger partial charge on any atom is 0.250 e. The molecule has 4 heterocycles. The standard InChI is InChI=1S/C21H30N6O2/c28-19-14-21(16-26(15-19)17-6-12-29-13-7-17)8-10-25(11-9-21)20-22-23-24-27(20)18-4-2-1-3-5-18/h1-5,17,19,28H,6-16H2. The van der Waals surface area contributed by atoms with Crippen molar-refractivity contribution in [2.45, 2.75) is 44.2 Å². The van der Waals surface area contributed by atoms with Gasteiger partial charge in [-0.1, -0.05) is 23.3 Å². The fraction of sp³-hybridized carbons (Fsp3) is 0.667. The van der Waals surface area contributed by atoms with Crippen molar-refractivity contribution in [2.24, 2.45) is 5.41 Å². The quantitative estimate of drug-likeness (QED) is 0.839. The highest BCUT2D eigenvalue weighted by atomic mass is 16.5. The summed E-state index contributed by atoms with van der Waals surface area (Å²) in [6.07, 6.45) is 4.97. The Morgan fingerprint density at radius 3 is 2.59 bits per heavy atom.